The zero-order valence-corrected chi connectivity index (χ0v) is 17.6. The van der Waals surface area contributed by atoms with Crippen molar-refractivity contribution in [2.75, 3.05) is 0 Å². The minimum Gasteiger partial charge on any atom is -0.436 e. The van der Waals surface area contributed by atoms with Crippen LogP contribution in [0.15, 0.2) is 135 Å². The largest absolute Gasteiger partial charge is 0.436 e. The van der Waals surface area contributed by atoms with E-state index in [9.17, 15) is 13.0 Å². The Balaban J connectivity index is 1.93. The molecule has 30 heavy (non-hydrogen) atoms. The highest BCUT2D eigenvalue weighted by molar-refractivity contribution is 8.30. The normalized spacial score (nSPS) is 12.3. The summed E-state index contributed by atoms with van der Waals surface area (Å²) in [6.07, 6.45) is 0. The predicted molar refractivity (Wildman–Crippen MR) is 119 cm³/mol. The summed E-state index contributed by atoms with van der Waals surface area (Å²) in [4.78, 5) is 2.87. The SMILES string of the molecule is O=S(=O)(O)c1ccc(OS(c2ccccc2)(c2ccccc2)c2ccccc2)cc1. The molecule has 0 unspecified atom stereocenters. The fourth-order valence-corrected chi connectivity index (χ4v) is 6.81. The third-order valence-corrected chi connectivity index (χ3v) is 8.69. The first-order chi connectivity index (χ1) is 14.5. The first kappa shape index (κ1) is 20.2. The molecule has 0 aliphatic heterocycles. The summed E-state index contributed by atoms with van der Waals surface area (Å²) >= 11 is 0. The van der Waals surface area contributed by atoms with Crippen molar-refractivity contribution in [2.45, 2.75) is 19.6 Å². The summed E-state index contributed by atoms with van der Waals surface area (Å²) in [5, 5.41) is 0. The summed E-state index contributed by atoms with van der Waals surface area (Å²) in [5.41, 5.74) is 0. The van der Waals surface area contributed by atoms with Crippen molar-refractivity contribution in [1.82, 2.24) is 0 Å². The summed E-state index contributed by atoms with van der Waals surface area (Å²) < 4.78 is 38.8. The van der Waals surface area contributed by atoms with E-state index in [1.165, 1.54) is 12.1 Å². The van der Waals surface area contributed by atoms with Gasteiger partial charge in [-0.2, -0.15) is 8.42 Å². The van der Waals surface area contributed by atoms with Gasteiger partial charge in [-0.25, -0.2) is 0 Å². The van der Waals surface area contributed by atoms with Crippen LogP contribution in [0.4, 0.5) is 0 Å². The van der Waals surface area contributed by atoms with E-state index in [0.717, 1.165) is 14.7 Å². The minimum atomic E-state index is -4.27. The Kier molecular flexibility index (Phi) is 5.63. The van der Waals surface area contributed by atoms with Crippen LogP contribution in [0.5, 0.6) is 5.75 Å². The van der Waals surface area contributed by atoms with Gasteiger partial charge in [0.15, 0.2) is 0 Å². The van der Waals surface area contributed by atoms with E-state index < -0.39 is 20.4 Å². The molecular weight excluding hydrogens is 416 g/mol. The molecule has 4 rings (SSSR count). The van der Waals surface area contributed by atoms with Gasteiger partial charge in [-0.05, 0) is 71.0 Å². The van der Waals surface area contributed by atoms with Crippen molar-refractivity contribution >= 4 is 20.4 Å². The molecule has 152 valence electrons. The summed E-state index contributed by atoms with van der Waals surface area (Å²) in [6.45, 7) is 0. The van der Waals surface area contributed by atoms with E-state index in [-0.39, 0.29) is 4.90 Å². The van der Waals surface area contributed by atoms with Gasteiger partial charge in [-0.1, -0.05) is 54.6 Å². The maximum Gasteiger partial charge on any atom is 0.294 e. The maximum atomic E-state index is 11.4. The van der Waals surface area contributed by atoms with Gasteiger partial charge in [0.05, 0.1) is 4.90 Å². The molecule has 0 fully saturated rings. The Bertz CT molecular complexity index is 1110. The quantitative estimate of drug-likeness (QED) is 0.365. The van der Waals surface area contributed by atoms with E-state index in [0.29, 0.717) is 5.75 Å². The second-order valence-corrected chi connectivity index (χ2v) is 10.6. The molecule has 1 N–H and O–H groups in total. The maximum absolute atomic E-state index is 11.4. The van der Waals surface area contributed by atoms with Gasteiger partial charge in [0, 0.05) is 14.7 Å². The Morgan fingerprint density at radius 3 is 1.20 bits per heavy atom. The molecule has 0 radical (unpaired) electrons. The second kappa shape index (κ2) is 8.36. The molecule has 0 spiro atoms. The lowest BCUT2D eigenvalue weighted by molar-refractivity contribution is 0.483. The van der Waals surface area contributed by atoms with Crippen LogP contribution >= 0.6 is 10.3 Å². The van der Waals surface area contributed by atoms with Gasteiger partial charge in [0.2, 0.25) is 0 Å². The van der Waals surface area contributed by atoms with Gasteiger partial charge in [-0.3, -0.25) is 4.55 Å². The Labute approximate surface area is 178 Å². The number of benzene rings is 4. The van der Waals surface area contributed by atoms with Crippen LogP contribution in [0.2, 0.25) is 0 Å². The van der Waals surface area contributed by atoms with E-state index in [1.807, 2.05) is 91.0 Å². The van der Waals surface area contributed by atoms with Crippen molar-refractivity contribution in [3.05, 3.63) is 115 Å². The molecule has 6 heteroatoms. The Hall–Kier alpha value is -3.06. The Morgan fingerprint density at radius 2 is 0.867 bits per heavy atom. The van der Waals surface area contributed by atoms with E-state index in [2.05, 4.69) is 0 Å². The van der Waals surface area contributed by atoms with Crippen molar-refractivity contribution in [3.63, 3.8) is 0 Å². The van der Waals surface area contributed by atoms with Crippen LogP contribution in [0, 0.1) is 0 Å². The van der Waals surface area contributed by atoms with Crippen LogP contribution in [-0.2, 0) is 10.1 Å². The molecule has 0 amide bonds. The molecule has 0 saturated carbocycles. The van der Waals surface area contributed by atoms with Crippen molar-refractivity contribution < 1.29 is 17.2 Å². The van der Waals surface area contributed by atoms with E-state index >= 15 is 0 Å². The molecule has 0 saturated heterocycles. The lowest BCUT2D eigenvalue weighted by atomic mass is 10.3. The molecular formula is C24H20O4S2. The standard InChI is InChI=1S/C24H20O4S2/c25-30(26,27)24-18-16-20(17-19-24)28-29(21-10-4-1-5-11-21,22-12-6-2-7-13-22)23-14-8-3-9-15-23/h1-19H,(H,25,26,27). The van der Waals surface area contributed by atoms with Crippen molar-refractivity contribution in [1.29, 1.82) is 0 Å². The molecule has 0 heterocycles. The summed E-state index contributed by atoms with van der Waals surface area (Å²) in [7, 11) is -6.41. The monoisotopic (exact) mass is 436 g/mol. The van der Waals surface area contributed by atoms with Crippen molar-refractivity contribution in [3.8, 4) is 5.75 Å². The smallest absolute Gasteiger partial charge is 0.294 e. The van der Waals surface area contributed by atoms with Gasteiger partial charge in [-0.15, -0.1) is 0 Å². The topological polar surface area (TPSA) is 63.6 Å². The van der Waals surface area contributed by atoms with E-state index in [1.54, 1.807) is 12.1 Å². The highest BCUT2D eigenvalue weighted by Gasteiger charge is 2.33. The first-order valence-corrected chi connectivity index (χ1v) is 12.3. The number of hydrogen-bond acceptors (Lipinski definition) is 3. The van der Waals surface area contributed by atoms with Gasteiger partial charge in [0.1, 0.15) is 5.75 Å². The molecule has 0 atom stereocenters. The van der Waals surface area contributed by atoms with Crippen molar-refractivity contribution in [2.24, 2.45) is 0 Å². The highest BCUT2D eigenvalue weighted by Crippen LogP contribution is 2.68. The third kappa shape index (κ3) is 3.98. The molecule has 0 aromatic heterocycles. The lowest BCUT2D eigenvalue weighted by Gasteiger charge is -2.40. The van der Waals surface area contributed by atoms with Crippen LogP contribution in [0.3, 0.4) is 0 Å². The second-order valence-electron chi connectivity index (χ2n) is 6.53. The van der Waals surface area contributed by atoms with Crippen LogP contribution in [0.25, 0.3) is 0 Å². The molecule has 0 bridgehead atoms. The van der Waals surface area contributed by atoms with Crippen LogP contribution in [-0.4, -0.2) is 13.0 Å². The number of hydrogen-bond donors (Lipinski definition) is 1. The average molecular weight is 437 g/mol. The third-order valence-electron chi connectivity index (χ3n) is 4.57. The molecule has 4 nitrogen and oxygen atoms in total. The van der Waals surface area contributed by atoms with E-state index in [4.69, 9.17) is 4.18 Å². The predicted octanol–water partition coefficient (Wildman–Crippen LogP) is 6.21. The summed E-state index contributed by atoms with van der Waals surface area (Å²) in [6, 6.07) is 35.9. The average Bonchev–Trinajstić information content (AvgIpc) is 2.79. The zero-order valence-electron chi connectivity index (χ0n) is 16.0. The fraction of sp³-hybridized carbons (Fsp3) is 0. The Morgan fingerprint density at radius 1 is 0.500 bits per heavy atom. The van der Waals surface area contributed by atoms with Crippen LogP contribution < -0.4 is 4.18 Å². The summed E-state index contributed by atoms with van der Waals surface area (Å²) in [5.74, 6) is 0.508. The minimum absolute atomic E-state index is 0.172. The van der Waals surface area contributed by atoms with Crippen LogP contribution in [0.1, 0.15) is 0 Å². The van der Waals surface area contributed by atoms with Gasteiger partial charge in [0.25, 0.3) is 10.1 Å². The molecule has 4 aromatic rings. The fourth-order valence-electron chi connectivity index (χ4n) is 3.20. The molecule has 0 aliphatic carbocycles. The molecule has 4 aromatic carbocycles. The zero-order chi connectivity index (χ0) is 21.0. The molecule has 0 aliphatic rings. The highest BCUT2D eigenvalue weighted by atomic mass is 32.3. The number of rotatable bonds is 6. The van der Waals surface area contributed by atoms with Gasteiger partial charge >= 0.3 is 0 Å². The first-order valence-electron chi connectivity index (χ1n) is 9.26. The lowest BCUT2D eigenvalue weighted by Crippen LogP contribution is -2.11. The van der Waals surface area contributed by atoms with Gasteiger partial charge < -0.3 is 4.18 Å².